The van der Waals surface area contributed by atoms with Crippen LogP contribution in [0.2, 0.25) is 0 Å². The van der Waals surface area contributed by atoms with Gasteiger partial charge in [-0.2, -0.15) is 5.26 Å². The van der Waals surface area contributed by atoms with Gasteiger partial charge in [0.2, 0.25) is 5.91 Å². The summed E-state index contributed by atoms with van der Waals surface area (Å²) in [5.74, 6) is 0.446. The number of anilines is 1. The van der Waals surface area contributed by atoms with Crippen molar-refractivity contribution < 1.29 is 9.59 Å². The summed E-state index contributed by atoms with van der Waals surface area (Å²) in [5, 5.41) is 13.4. The number of aryl methyl sites for hydroxylation is 1. The number of aromatic nitrogens is 1. The molecule has 3 aromatic rings. The van der Waals surface area contributed by atoms with Crippen LogP contribution >= 0.6 is 0 Å². The molecule has 3 heterocycles. The molecule has 0 unspecified atom stereocenters. The molecule has 2 fully saturated rings. The summed E-state index contributed by atoms with van der Waals surface area (Å²) in [5.41, 5.74) is 6.75. The second kappa shape index (κ2) is 8.21. The maximum atomic E-state index is 13.8. The summed E-state index contributed by atoms with van der Waals surface area (Å²) < 4.78 is 0. The zero-order chi connectivity index (χ0) is 25.2. The number of hydrogen-bond donors (Lipinski definition) is 2. The molecule has 36 heavy (non-hydrogen) atoms. The molecule has 2 saturated heterocycles. The third-order valence-electron chi connectivity index (χ3n) is 8.36. The third kappa shape index (κ3) is 3.28. The van der Waals surface area contributed by atoms with Crippen molar-refractivity contribution in [2.45, 2.75) is 32.6 Å². The topological polar surface area (TPSA) is 92.2 Å². The van der Waals surface area contributed by atoms with Crippen molar-refractivity contribution in [3.05, 3.63) is 63.8 Å². The van der Waals surface area contributed by atoms with Crippen molar-refractivity contribution >= 4 is 28.3 Å². The average Bonchev–Trinajstić information content (AvgIpc) is 3.26. The summed E-state index contributed by atoms with van der Waals surface area (Å²) in [6.07, 6.45) is 0.829. The van der Waals surface area contributed by atoms with Crippen LogP contribution in [0.15, 0.2) is 30.3 Å². The van der Waals surface area contributed by atoms with Crippen molar-refractivity contribution in [2.24, 2.45) is 5.92 Å². The van der Waals surface area contributed by atoms with Crippen LogP contribution in [0.5, 0.6) is 0 Å². The number of rotatable bonds is 3. The van der Waals surface area contributed by atoms with E-state index in [9.17, 15) is 14.9 Å². The van der Waals surface area contributed by atoms with Crippen LogP contribution in [0.1, 0.15) is 59.1 Å². The quantitative estimate of drug-likeness (QED) is 0.599. The smallest absolute Gasteiger partial charge is 0.228 e. The lowest BCUT2D eigenvalue weighted by atomic mass is 9.70. The number of piperazine rings is 1. The van der Waals surface area contributed by atoms with E-state index in [0.29, 0.717) is 5.56 Å². The first-order chi connectivity index (χ1) is 17.3. The Morgan fingerprint density at radius 1 is 1.14 bits per heavy atom. The molecule has 7 heteroatoms. The van der Waals surface area contributed by atoms with Gasteiger partial charge in [0.1, 0.15) is 0 Å². The number of hydrogen-bond acceptors (Lipinski definition) is 5. The number of ketones is 1. The van der Waals surface area contributed by atoms with E-state index in [-0.39, 0.29) is 17.6 Å². The Morgan fingerprint density at radius 3 is 2.53 bits per heavy atom. The standard InChI is InChI=1S/C29H31N5O2/c1-4-18-12-21-22(13-24(18)33-7-9-34(10-8-33)28(36)19-15-31-16-19)29(2,3)27-25(26(21)35)20-6-5-17(14-30)11-23(20)32-27/h5-6,11-13,19,31-32H,4,7-10,15-16H2,1-3H3. The average molecular weight is 482 g/mol. The molecule has 1 aromatic heterocycles. The molecule has 0 radical (unpaired) electrons. The number of aromatic amines is 1. The molecule has 184 valence electrons. The molecular formula is C29H31N5O2. The van der Waals surface area contributed by atoms with E-state index in [1.807, 2.05) is 17.0 Å². The number of H-pyrrole nitrogens is 1. The lowest BCUT2D eigenvalue weighted by Gasteiger charge is -2.41. The SMILES string of the molecule is CCc1cc2c(cc1N1CCN(C(=O)C3CNC3)CC1)C(C)(C)c1[nH]c3cc(C#N)ccc3c1C2=O. The minimum Gasteiger partial charge on any atom is -0.368 e. The van der Waals surface area contributed by atoms with Crippen molar-refractivity contribution in [3.63, 3.8) is 0 Å². The molecule has 7 nitrogen and oxygen atoms in total. The molecule has 2 aliphatic heterocycles. The number of carbonyl (C=O) groups is 2. The molecule has 0 saturated carbocycles. The number of amides is 1. The van der Waals surface area contributed by atoms with Gasteiger partial charge in [0.15, 0.2) is 5.78 Å². The summed E-state index contributed by atoms with van der Waals surface area (Å²) >= 11 is 0. The molecule has 0 bridgehead atoms. The Balaban J connectivity index is 1.37. The minimum atomic E-state index is -0.402. The molecule has 0 atom stereocenters. The van der Waals surface area contributed by atoms with E-state index in [4.69, 9.17) is 0 Å². The van der Waals surface area contributed by atoms with E-state index in [2.05, 4.69) is 54.2 Å². The Bertz CT molecular complexity index is 1450. The van der Waals surface area contributed by atoms with Gasteiger partial charge in [-0.15, -0.1) is 0 Å². The highest BCUT2D eigenvalue weighted by Gasteiger charge is 2.41. The number of nitriles is 1. The van der Waals surface area contributed by atoms with E-state index in [1.54, 1.807) is 6.07 Å². The van der Waals surface area contributed by atoms with E-state index in [0.717, 1.165) is 84.5 Å². The summed E-state index contributed by atoms with van der Waals surface area (Å²) in [4.78, 5) is 34.4. The molecule has 2 N–H and O–H groups in total. The first kappa shape index (κ1) is 22.8. The Hall–Kier alpha value is -3.63. The first-order valence-corrected chi connectivity index (χ1v) is 12.9. The molecular weight excluding hydrogens is 450 g/mol. The van der Waals surface area contributed by atoms with Gasteiger partial charge in [-0.1, -0.05) is 26.8 Å². The molecule has 6 rings (SSSR count). The van der Waals surface area contributed by atoms with E-state index >= 15 is 0 Å². The van der Waals surface area contributed by atoms with Gasteiger partial charge in [0, 0.05) is 72.5 Å². The largest absolute Gasteiger partial charge is 0.368 e. The monoisotopic (exact) mass is 481 g/mol. The van der Waals surface area contributed by atoms with Crippen LogP contribution in [0.25, 0.3) is 10.9 Å². The predicted molar refractivity (Wildman–Crippen MR) is 140 cm³/mol. The van der Waals surface area contributed by atoms with Gasteiger partial charge in [-0.05, 0) is 41.8 Å². The Morgan fingerprint density at radius 2 is 1.89 bits per heavy atom. The molecule has 3 aliphatic rings. The van der Waals surface area contributed by atoms with Crippen LogP contribution < -0.4 is 10.2 Å². The predicted octanol–water partition coefficient (Wildman–Crippen LogP) is 3.34. The molecule has 1 aliphatic carbocycles. The fourth-order valence-electron chi connectivity index (χ4n) is 6.05. The normalized spacial score (nSPS) is 19.0. The second-order valence-electron chi connectivity index (χ2n) is 10.7. The van der Waals surface area contributed by atoms with Crippen LogP contribution in [0.4, 0.5) is 5.69 Å². The van der Waals surface area contributed by atoms with E-state index < -0.39 is 5.41 Å². The van der Waals surface area contributed by atoms with Gasteiger partial charge in [0.25, 0.3) is 0 Å². The van der Waals surface area contributed by atoms with E-state index in [1.165, 1.54) is 5.69 Å². The van der Waals surface area contributed by atoms with Gasteiger partial charge >= 0.3 is 0 Å². The third-order valence-corrected chi connectivity index (χ3v) is 8.36. The zero-order valence-corrected chi connectivity index (χ0v) is 21.1. The minimum absolute atomic E-state index is 0.0426. The lowest BCUT2D eigenvalue weighted by Crippen LogP contribution is -2.56. The van der Waals surface area contributed by atoms with Crippen LogP contribution in [0.3, 0.4) is 0 Å². The number of fused-ring (bicyclic) bond motifs is 4. The lowest BCUT2D eigenvalue weighted by molar-refractivity contribution is -0.137. The molecule has 0 spiro atoms. The molecule has 1 amide bonds. The second-order valence-corrected chi connectivity index (χ2v) is 10.7. The number of nitrogens with one attached hydrogen (secondary N) is 2. The van der Waals surface area contributed by atoms with Gasteiger partial charge in [0.05, 0.1) is 23.1 Å². The fraction of sp³-hybridized carbons (Fsp3) is 0.414. The van der Waals surface area contributed by atoms with Crippen LogP contribution in [-0.4, -0.2) is 60.8 Å². The van der Waals surface area contributed by atoms with Crippen molar-refractivity contribution in [1.29, 1.82) is 5.26 Å². The van der Waals surface area contributed by atoms with Crippen molar-refractivity contribution in [1.82, 2.24) is 15.2 Å². The number of nitrogens with zero attached hydrogens (tertiary/aromatic N) is 3. The highest BCUT2D eigenvalue weighted by Crippen LogP contribution is 2.45. The highest BCUT2D eigenvalue weighted by molar-refractivity contribution is 6.20. The highest BCUT2D eigenvalue weighted by atomic mass is 16.2. The van der Waals surface area contributed by atoms with Gasteiger partial charge in [-0.3, -0.25) is 9.59 Å². The maximum absolute atomic E-state index is 13.8. The summed E-state index contributed by atoms with van der Waals surface area (Å²) in [6, 6.07) is 12.0. The summed E-state index contributed by atoms with van der Waals surface area (Å²) in [6.45, 7) is 11.1. The van der Waals surface area contributed by atoms with Crippen molar-refractivity contribution in [3.8, 4) is 6.07 Å². The van der Waals surface area contributed by atoms with Crippen LogP contribution in [0, 0.1) is 17.2 Å². The Kier molecular flexibility index (Phi) is 5.20. The van der Waals surface area contributed by atoms with Gasteiger partial charge < -0.3 is 20.1 Å². The van der Waals surface area contributed by atoms with Gasteiger partial charge in [-0.25, -0.2) is 0 Å². The zero-order valence-electron chi connectivity index (χ0n) is 21.1. The fourth-order valence-corrected chi connectivity index (χ4v) is 6.05. The molecule has 2 aromatic carbocycles. The summed E-state index contributed by atoms with van der Waals surface area (Å²) in [7, 11) is 0. The first-order valence-electron chi connectivity index (χ1n) is 12.9. The maximum Gasteiger partial charge on any atom is 0.228 e. The number of benzene rings is 2. The van der Waals surface area contributed by atoms with Crippen molar-refractivity contribution in [2.75, 3.05) is 44.2 Å². The Labute approximate surface area is 211 Å². The number of carbonyl (C=O) groups excluding carboxylic acids is 2. The van der Waals surface area contributed by atoms with Crippen LogP contribution in [-0.2, 0) is 16.6 Å².